The molecule has 1 heterocycles. The summed E-state index contributed by atoms with van der Waals surface area (Å²) in [6.07, 6.45) is 3.81. The first kappa shape index (κ1) is 28.8. The zero-order chi connectivity index (χ0) is 26.3. The molecule has 0 aliphatic rings. The summed E-state index contributed by atoms with van der Waals surface area (Å²) >= 11 is 0. The molecule has 0 fully saturated rings. The lowest BCUT2D eigenvalue weighted by atomic mass is 10.1. The van der Waals surface area contributed by atoms with Crippen LogP contribution in [0.4, 0.5) is 17.3 Å². The Balaban J connectivity index is 2.06. The molecule has 0 aliphatic carbocycles. The minimum atomic E-state index is -0.862. The molecule has 1 amide bonds. The number of carboxylic acid groups (broad SMARTS) is 1. The normalized spacial score (nSPS) is 10.9. The summed E-state index contributed by atoms with van der Waals surface area (Å²) in [4.78, 5) is 35.2. The van der Waals surface area contributed by atoms with E-state index in [1.165, 1.54) is 4.90 Å². The molecular weight excluding hydrogens is 464 g/mol. The number of unbranched alkanes of at least 4 members (excludes halogenated alkanes) is 1. The van der Waals surface area contributed by atoms with Gasteiger partial charge in [0.15, 0.2) is 11.6 Å². The fourth-order valence-electron chi connectivity index (χ4n) is 3.70. The summed E-state index contributed by atoms with van der Waals surface area (Å²) in [6.45, 7) is 5.01. The van der Waals surface area contributed by atoms with Crippen molar-refractivity contribution in [1.29, 1.82) is 0 Å². The molecule has 11 nitrogen and oxygen atoms in total. The smallest absolute Gasteiger partial charge is 0.320 e. The van der Waals surface area contributed by atoms with Crippen molar-refractivity contribution in [3.05, 3.63) is 35.4 Å². The van der Waals surface area contributed by atoms with E-state index in [2.05, 4.69) is 27.1 Å². The molecule has 5 N–H and O–H groups in total. The molecule has 0 atom stereocenters. The van der Waals surface area contributed by atoms with Crippen molar-refractivity contribution in [2.24, 2.45) is 0 Å². The molecule has 36 heavy (non-hydrogen) atoms. The number of hydrogen-bond donors (Lipinski definition) is 4. The van der Waals surface area contributed by atoms with E-state index >= 15 is 0 Å². The lowest BCUT2D eigenvalue weighted by Crippen LogP contribution is -2.31. The maximum absolute atomic E-state index is 12.0. The molecule has 1 aromatic heterocycles. The SMILES string of the molecule is CCCCOc1nc(N)c(NC)c(N(C=O)CCCN(CCCO)Cc2ccc(CC(=O)O)cc2)n1. The van der Waals surface area contributed by atoms with Crippen LogP contribution < -0.4 is 20.7 Å². The van der Waals surface area contributed by atoms with E-state index in [0.717, 1.165) is 30.4 Å². The number of nitrogens with zero attached hydrogens (tertiary/aromatic N) is 4. The predicted octanol–water partition coefficient (Wildman–Crippen LogP) is 2.14. The molecule has 0 spiro atoms. The third-order valence-corrected chi connectivity index (χ3v) is 5.57. The number of nitrogen functional groups attached to an aromatic ring is 1. The summed E-state index contributed by atoms with van der Waals surface area (Å²) in [5.41, 5.74) is 8.34. The number of ether oxygens (including phenoxy) is 1. The summed E-state index contributed by atoms with van der Waals surface area (Å²) in [5.74, 6) is -0.294. The second kappa shape index (κ2) is 15.5. The van der Waals surface area contributed by atoms with Gasteiger partial charge in [0.2, 0.25) is 6.41 Å². The number of rotatable bonds is 18. The molecule has 0 bridgehead atoms. The van der Waals surface area contributed by atoms with Crippen molar-refractivity contribution in [1.82, 2.24) is 14.9 Å². The molecule has 0 saturated heterocycles. The predicted molar refractivity (Wildman–Crippen MR) is 139 cm³/mol. The van der Waals surface area contributed by atoms with Gasteiger partial charge in [-0.15, -0.1) is 0 Å². The molecule has 198 valence electrons. The van der Waals surface area contributed by atoms with Crippen molar-refractivity contribution >= 4 is 29.7 Å². The van der Waals surface area contributed by atoms with Gasteiger partial charge < -0.3 is 26.0 Å². The van der Waals surface area contributed by atoms with Crippen LogP contribution >= 0.6 is 0 Å². The highest BCUT2D eigenvalue weighted by Gasteiger charge is 2.19. The first-order valence-corrected chi connectivity index (χ1v) is 12.2. The number of amides is 1. The second-order valence-electron chi connectivity index (χ2n) is 8.43. The number of anilines is 3. The quantitative estimate of drug-likeness (QED) is 0.176. The van der Waals surface area contributed by atoms with Crippen LogP contribution in [0.5, 0.6) is 6.01 Å². The number of aromatic nitrogens is 2. The Morgan fingerprint density at radius 2 is 1.81 bits per heavy atom. The van der Waals surface area contributed by atoms with Gasteiger partial charge in [-0.05, 0) is 30.4 Å². The van der Waals surface area contributed by atoms with Gasteiger partial charge in [-0.25, -0.2) is 0 Å². The average Bonchev–Trinajstić information content (AvgIpc) is 2.85. The van der Waals surface area contributed by atoms with E-state index in [1.807, 2.05) is 24.3 Å². The number of benzene rings is 1. The van der Waals surface area contributed by atoms with Gasteiger partial charge in [-0.3, -0.25) is 19.4 Å². The van der Waals surface area contributed by atoms with Crippen molar-refractivity contribution in [3.63, 3.8) is 0 Å². The van der Waals surface area contributed by atoms with Crippen LogP contribution in [0.2, 0.25) is 0 Å². The molecule has 11 heteroatoms. The number of nitrogens with one attached hydrogen (secondary N) is 1. The van der Waals surface area contributed by atoms with Crippen LogP contribution in [0.3, 0.4) is 0 Å². The van der Waals surface area contributed by atoms with Crippen molar-refractivity contribution < 1.29 is 24.5 Å². The highest BCUT2D eigenvalue weighted by Crippen LogP contribution is 2.30. The third-order valence-electron chi connectivity index (χ3n) is 5.57. The van der Waals surface area contributed by atoms with E-state index < -0.39 is 5.97 Å². The Morgan fingerprint density at radius 3 is 2.42 bits per heavy atom. The Hall–Kier alpha value is -3.44. The van der Waals surface area contributed by atoms with Crippen molar-refractivity contribution in [3.8, 4) is 6.01 Å². The monoisotopic (exact) mass is 502 g/mol. The molecule has 1 aromatic carbocycles. The number of hydrogen-bond acceptors (Lipinski definition) is 9. The largest absolute Gasteiger partial charge is 0.481 e. The standard InChI is InChI=1S/C25H38N6O5/c1-3-4-15-36-25-28-23(26)22(27-2)24(29-25)31(18-33)13-5-11-30(12-6-14-32)17-20-9-7-19(8-10-20)16-21(34)35/h7-10,18,27,32H,3-6,11-17H2,1-2H3,(H,34,35)(H2,26,28,29). The van der Waals surface area contributed by atoms with Crippen molar-refractivity contribution in [2.45, 2.75) is 45.6 Å². The van der Waals surface area contributed by atoms with Gasteiger partial charge in [0, 0.05) is 39.8 Å². The summed E-state index contributed by atoms with van der Waals surface area (Å²) < 4.78 is 5.61. The van der Waals surface area contributed by atoms with Crippen LogP contribution in [0.15, 0.2) is 24.3 Å². The van der Waals surface area contributed by atoms with Gasteiger partial charge >= 0.3 is 12.0 Å². The fourth-order valence-corrected chi connectivity index (χ4v) is 3.70. The molecule has 0 unspecified atom stereocenters. The van der Waals surface area contributed by atoms with Gasteiger partial charge in [0.1, 0.15) is 5.69 Å². The first-order chi connectivity index (χ1) is 17.4. The van der Waals surface area contributed by atoms with Crippen LogP contribution in [-0.2, 0) is 22.6 Å². The molecule has 0 saturated carbocycles. The summed E-state index contributed by atoms with van der Waals surface area (Å²) in [6, 6.07) is 7.62. The van der Waals surface area contributed by atoms with Crippen LogP contribution in [0.1, 0.15) is 43.7 Å². The van der Waals surface area contributed by atoms with Crippen LogP contribution in [0, 0.1) is 0 Å². The second-order valence-corrected chi connectivity index (χ2v) is 8.43. The number of aliphatic hydroxyl groups is 1. The minimum absolute atomic E-state index is 0.0104. The number of carboxylic acids is 1. The van der Waals surface area contributed by atoms with E-state index in [0.29, 0.717) is 57.1 Å². The summed E-state index contributed by atoms with van der Waals surface area (Å²) in [7, 11) is 1.69. The van der Waals surface area contributed by atoms with Gasteiger partial charge in [0.25, 0.3) is 0 Å². The van der Waals surface area contributed by atoms with Gasteiger partial charge in [-0.2, -0.15) is 9.97 Å². The van der Waals surface area contributed by atoms with E-state index in [1.54, 1.807) is 7.05 Å². The number of aliphatic hydroxyl groups excluding tert-OH is 1. The number of carbonyl (C=O) groups is 2. The molecular formula is C25H38N6O5. The number of nitrogens with two attached hydrogens (primary N) is 1. The van der Waals surface area contributed by atoms with E-state index in [-0.39, 0.29) is 24.9 Å². The third kappa shape index (κ3) is 9.31. The Bertz CT molecular complexity index is 957. The highest BCUT2D eigenvalue weighted by molar-refractivity contribution is 5.85. The van der Waals surface area contributed by atoms with Crippen LogP contribution in [-0.4, -0.2) is 77.4 Å². The lowest BCUT2D eigenvalue weighted by Gasteiger charge is -2.25. The zero-order valence-corrected chi connectivity index (χ0v) is 21.2. The summed E-state index contributed by atoms with van der Waals surface area (Å²) in [5, 5.41) is 21.2. The van der Waals surface area contributed by atoms with Crippen LogP contribution in [0.25, 0.3) is 0 Å². The number of aliphatic carboxylic acids is 1. The van der Waals surface area contributed by atoms with Crippen molar-refractivity contribution in [2.75, 3.05) is 55.8 Å². The molecule has 2 rings (SSSR count). The Kier molecular flexibility index (Phi) is 12.4. The van der Waals surface area contributed by atoms with Gasteiger partial charge in [0.05, 0.1) is 13.0 Å². The van der Waals surface area contributed by atoms with E-state index in [4.69, 9.17) is 15.6 Å². The Labute approximate surface area is 212 Å². The first-order valence-electron chi connectivity index (χ1n) is 12.2. The zero-order valence-electron chi connectivity index (χ0n) is 21.2. The molecule has 0 radical (unpaired) electrons. The lowest BCUT2D eigenvalue weighted by molar-refractivity contribution is -0.136. The maximum Gasteiger partial charge on any atom is 0.320 e. The van der Waals surface area contributed by atoms with Gasteiger partial charge in [-0.1, -0.05) is 37.6 Å². The topological polar surface area (TPSA) is 154 Å². The number of carbonyl (C=O) groups excluding carboxylic acids is 1. The maximum atomic E-state index is 12.0. The minimum Gasteiger partial charge on any atom is -0.481 e. The highest BCUT2D eigenvalue weighted by atomic mass is 16.5. The average molecular weight is 503 g/mol. The molecule has 2 aromatic rings. The van der Waals surface area contributed by atoms with E-state index in [9.17, 15) is 14.7 Å². The molecule has 0 aliphatic heterocycles. The Morgan fingerprint density at radius 1 is 1.11 bits per heavy atom. The fraction of sp³-hybridized carbons (Fsp3) is 0.520.